The van der Waals surface area contributed by atoms with Crippen LogP contribution in [0.4, 0.5) is 5.95 Å². The van der Waals surface area contributed by atoms with Crippen molar-refractivity contribution < 1.29 is 9.53 Å². The van der Waals surface area contributed by atoms with E-state index in [4.69, 9.17) is 4.74 Å². The molecule has 7 nitrogen and oxygen atoms in total. The first kappa shape index (κ1) is 19.0. The van der Waals surface area contributed by atoms with E-state index in [0.29, 0.717) is 6.54 Å². The number of nitrogens with zero attached hydrogens (tertiary/aromatic N) is 5. The smallest absolute Gasteiger partial charge is 0.236 e. The lowest BCUT2D eigenvalue weighted by atomic mass is 9.92. The number of aromatic nitrogens is 2. The van der Waals surface area contributed by atoms with Gasteiger partial charge in [0.05, 0.1) is 12.1 Å². The molecule has 1 aromatic heterocycles. The molecule has 26 heavy (non-hydrogen) atoms. The standard InChI is InChI=1S/C19H31N5O2/c1-4-24(16-6-13-26-19(2,3)14-16)17(25)15-22-9-11-23(12-10-22)18-20-7-5-8-21-18/h5,7-8,16H,4,6,9-15H2,1-3H3/t16-/m0/s1. The number of hydrogen-bond donors (Lipinski definition) is 0. The zero-order valence-corrected chi connectivity index (χ0v) is 16.2. The van der Waals surface area contributed by atoms with Crippen LogP contribution in [0.2, 0.25) is 0 Å². The SMILES string of the molecule is CCN(C(=O)CN1CCN(c2ncccn2)CC1)[C@H]1CCOC(C)(C)C1. The number of likely N-dealkylation sites (N-methyl/N-ethyl adjacent to an activating group) is 1. The average Bonchev–Trinajstić information content (AvgIpc) is 2.63. The average molecular weight is 361 g/mol. The van der Waals surface area contributed by atoms with Crippen molar-refractivity contribution in [2.45, 2.75) is 45.3 Å². The molecule has 3 heterocycles. The Bertz CT molecular complexity index is 587. The second-order valence-electron chi connectivity index (χ2n) is 7.75. The van der Waals surface area contributed by atoms with Gasteiger partial charge in [0, 0.05) is 57.8 Å². The zero-order chi connectivity index (χ0) is 18.6. The van der Waals surface area contributed by atoms with Crippen molar-refractivity contribution in [3.05, 3.63) is 18.5 Å². The molecule has 0 unspecified atom stereocenters. The van der Waals surface area contributed by atoms with E-state index in [0.717, 1.165) is 58.1 Å². The normalized spacial score (nSPS) is 23.7. The first-order chi connectivity index (χ1) is 12.5. The Morgan fingerprint density at radius 3 is 2.58 bits per heavy atom. The molecule has 7 heteroatoms. The Labute approximate surface area is 156 Å². The van der Waals surface area contributed by atoms with Crippen molar-refractivity contribution in [2.75, 3.05) is 50.8 Å². The van der Waals surface area contributed by atoms with Crippen molar-refractivity contribution in [1.82, 2.24) is 19.8 Å². The highest BCUT2D eigenvalue weighted by atomic mass is 16.5. The highest BCUT2D eigenvalue weighted by molar-refractivity contribution is 5.78. The fourth-order valence-corrected chi connectivity index (χ4v) is 3.95. The highest BCUT2D eigenvalue weighted by Gasteiger charge is 2.34. The highest BCUT2D eigenvalue weighted by Crippen LogP contribution is 2.27. The van der Waals surface area contributed by atoms with Crippen LogP contribution in [-0.2, 0) is 9.53 Å². The van der Waals surface area contributed by atoms with Gasteiger partial charge in [-0.15, -0.1) is 0 Å². The molecule has 0 radical (unpaired) electrons. The molecule has 0 N–H and O–H groups in total. The van der Waals surface area contributed by atoms with Crippen molar-refractivity contribution >= 4 is 11.9 Å². The molecule has 0 aliphatic carbocycles. The summed E-state index contributed by atoms with van der Waals surface area (Å²) >= 11 is 0. The molecule has 2 aliphatic heterocycles. The summed E-state index contributed by atoms with van der Waals surface area (Å²) in [5.74, 6) is 1.01. The topological polar surface area (TPSA) is 61.8 Å². The molecule has 2 aliphatic rings. The number of piperazine rings is 1. The lowest BCUT2D eigenvalue weighted by molar-refractivity contribution is -0.141. The minimum absolute atomic E-state index is 0.141. The van der Waals surface area contributed by atoms with Gasteiger partial charge in [0.15, 0.2) is 0 Å². The van der Waals surface area contributed by atoms with E-state index in [-0.39, 0.29) is 17.6 Å². The Hall–Kier alpha value is -1.73. The van der Waals surface area contributed by atoms with Crippen molar-refractivity contribution in [3.63, 3.8) is 0 Å². The van der Waals surface area contributed by atoms with Gasteiger partial charge in [-0.2, -0.15) is 0 Å². The number of carbonyl (C=O) groups is 1. The van der Waals surface area contributed by atoms with Crippen LogP contribution in [0.1, 0.15) is 33.6 Å². The largest absolute Gasteiger partial charge is 0.375 e. The van der Waals surface area contributed by atoms with Crippen LogP contribution in [-0.4, -0.2) is 83.2 Å². The summed E-state index contributed by atoms with van der Waals surface area (Å²) in [7, 11) is 0. The zero-order valence-electron chi connectivity index (χ0n) is 16.2. The first-order valence-electron chi connectivity index (χ1n) is 9.66. The monoisotopic (exact) mass is 361 g/mol. The van der Waals surface area contributed by atoms with Crippen LogP contribution in [0.15, 0.2) is 18.5 Å². The van der Waals surface area contributed by atoms with Crippen LogP contribution < -0.4 is 4.90 Å². The van der Waals surface area contributed by atoms with E-state index < -0.39 is 0 Å². The summed E-state index contributed by atoms with van der Waals surface area (Å²) in [5, 5.41) is 0. The number of amides is 1. The van der Waals surface area contributed by atoms with E-state index >= 15 is 0 Å². The van der Waals surface area contributed by atoms with Crippen molar-refractivity contribution in [3.8, 4) is 0 Å². The Balaban J connectivity index is 1.51. The third-order valence-electron chi connectivity index (χ3n) is 5.34. The minimum atomic E-state index is -0.141. The summed E-state index contributed by atoms with van der Waals surface area (Å²) in [6, 6.07) is 2.12. The van der Waals surface area contributed by atoms with Gasteiger partial charge < -0.3 is 14.5 Å². The van der Waals surface area contributed by atoms with Crippen LogP contribution in [0.25, 0.3) is 0 Å². The van der Waals surface area contributed by atoms with Crippen molar-refractivity contribution in [1.29, 1.82) is 0 Å². The lowest BCUT2D eigenvalue weighted by Crippen LogP contribution is -2.53. The van der Waals surface area contributed by atoms with Crippen LogP contribution in [0, 0.1) is 0 Å². The molecule has 1 aromatic rings. The Morgan fingerprint density at radius 1 is 1.27 bits per heavy atom. The molecule has 0 saturated carbocycles. The summed E-state index contributed by atoms with van der Waals surface area (Å²) in [6.45, 7) is 11.7. The number of ether oxygens (including phenoxy) is 1. The number of rotatable bonds is 5. The molecule has 1 atom stereocenters. The summed E-state index contributed by atoms with van der Waals surface area (Å²) in [4.78, 5) is 28.0. The molecule has 2 saturated heterocycles. The van der Waals surface area contributed by atoms with Gasteiger partial charge in [-0.3, -0.25) is 9.69 Å². The van der Waals surface area contributed by atoms with Gasteiger partial charge >= 0.3 is 0 Å². The number of anilines is 1. The van der Waals surface area contributed by atoms with Gasteiger partial charge in [0.2, 0.25) is 11.9 Å². The van der Waals surface area contributed by atoms with Crippen LogP contribution >= 0.6 is 0 Å². The molecule has 3 rings (SSSR count). The maximum atomic E-state index is 12.9. The summed E-state index contributed by atoms with van der Waals surface area (Å²) in [5.41, 5.74) is -0.141. The van der Waals surface area contributed by atoms with Gasteiger partial charge in [0.1, 0.15) is 0 Å². The molecule has 0 aromatic carbocycles. The molecular formula is C19H31N5O2. The predicted octanol–water partition coefficient (Wildman–Crippen LogP) is 1.40. The summed E-state index contributed by atoms with van der Waals surface area (Å²) in [6.07, 6.45) is 5.38. The molecule has 1 amide bonds. The quantitative estimate of drug-likeness (QED) is 0.790. The Kier molecular flexibility index (Phi) is 6.09. The van der Waals surface area contributed by atoms with E-state index in [2.05, 4.69) is 45.4 Å². The maximum absolute atomic E-state index is 12.9. The molecule has 0 spiro atoms. The molecule has 2 fully saturated rings. The van der Waals surface area contributed by atoms with E-state index in [1.54, 1.807) is 12.4 Å². The number of hydrogen-bond acceptors (Lipinski definition) is 6. The van der Waals surface area contributed by atoms with Gasteiger partial charge in [-0.1, -0.05) is 0 Å². The summed E-state index contributed by atoms with van der Waals surface area (Å²) < 4.78 is 5.81. The third-order valence-corrected chi connectivity index (χ3v) is 5.34. The molecule has 144 valence electrons. The minimum Gasteiger partial charge on any atom is -0.375 e. The second-order valence-corrected chi connectivity index (χ2v) is 7.75. The maximum Gasteiger partial charge on any atom is 0.236 e. The molecule has 0 bridgehead atoms. The van der Waals surface area contributed by atoms with E-state index in [9.17, 15) is 4.79 Å². The first-order valence-corrected chi connectivity index (χ1v) is 9.66. The second kappa shape index (κ2) is 8.31. The van der Waals surface area contributed by atoms with Crippen LogP contribution in [0.3, 0.4) is 0 Å². The van der Waals surface area contributed by atoms with Gasteiger partial charge in [-0.05, 0) is 39.7 Å². The van der Waals surface area contributed by atoms with Gasteiger partial charge in [0.25, 0.3) is 0 Å². The Morgan fingerprint density at radius 2 is 1.96 bits per heavy atom. The van der Waals surface area contributed by atoms with Crippen LogP contribution in [0.5, 0.6) is 0 Å². The lowest BCUT2D eigenvalue weighted by Gasteiger charge is -2.42. The third kappa shape index (κ3) is 4.71. The predicted molar refractivity (Wildman–Crippen MR) is 101 cm³/mol. The fourth-order valence-electron chi connectivity index (χ4n) is 3.95. The molecular weight excluding hydrogens is 330 g/mol. The van der Waals surface area contributed by atoms with Gasteiger partial charge in [-0.25, -0.2) is 9.97 Å². The van der Waals surface area contributed by atoms with E-state index in [1.165, 1.54) is 0 Å². The fraction of sp³-hybridized carbons (Fsp3) is 0.737. The van der Waals surface area contributed by atoms with E-state index in [1.807, 2.05) is 6.07 Å². The van der Waals surface area contributed by atoms with Crippen molar-refractivity contribution in [2.24, 2.45) is 0 Å². The number of carbonyl (C=O) groups excluding carboxylic acids is 1.